The molecule has 1 aliphatic rings. The number of ether oxygens (including phenoxy) is 2. The van der Waals surface area contributed by atoms with Gasteiger partial charge in [0.15, 0.2) is 17.4 Å². The van der Waals surface area contributed by atoms with Crippen molar-refractivity contribution in [2.24, 2.45) is 11.0 Å². The number of rotatable bonds is 5. The summed E-state index contributed by atoms with van der Waals surface area (Å²) in [6.45, 7) is 1.47. The van der Waals surface area contributed by atoms with E-state index in [2.05, 4.69) is 10.5 Å². The van der Waals surface area contributed by atoms with Gasteiger partial charge in [-0.25, -0.2) is 8.78 Å². The summed E-state index contributed by atoms with van der Waals surface area (Å²) < 4.78 is 38.4. The van der Waals surface area contributed by atoms with Crippen LogP contribution < -0.4 is 10.2 Å². The highest BCUT2D eigenvalue weighted by Crippen LogP contribution is 2.27. The molecule has 0 saturated carbocycles. The van der Waals surface area contributed by atoms with E-state index in [1.165, 1.54) is 12.1 Å². The molecule has 2 rings (SSSR count). The summed E-state index contributed by atoms with van der Waals surface area (Å²) in [5.41, 5.74) is 1.77. The predicted molar refractivity (Wildman–Crippen MR) is 77.7 cm³/mol. The fraction of sp³-hybridized carbons (Fsp3) is 0.400. The number of hydrogen-bond acceptors (Lipinski definition) is 6. The largest absolute Gasteiger partial charge is 0.487 e. The Bertz CT molecular complexity index is 634. The van der Waals surface area contributed by atoms with Crippen molar-refractivity contribution in [2.45, 2.75) is 12.8 Å². The summed E-state index contributed by atoms with van der Waals surface area (Å²) in [6.07, 6.45) is 1.59. The van der Waals surface area contributed by atoms with Crippen molar-refractivity contribution in [2.75, 3.05) is 25.2 Å². The van der Waals surface area contributed by atoms with Crippen LogP contribution in [0.25, 0.3) is 0 Å². The SMILES string of the molecule is N#CC(C#N)=NNc1cc(F)c(OCC2CCOCC2)c(F)c1. The number of nitrogens with one attached hydrogen (secondary N) is 1. The van der Waals surface area contributed by atoms with Crippen molar-refractivity contribution in [3.63, 3.8) is 0 Å². The molecule has 1 fully saturated rings. The third-order valence-electron chi connectivity index (χ3n) is 3.31. The molecule has 0 radical (unpaired) electrons. The smallest absolute Gasteiger partial charge is 0.237 e. The molecule has 0 atom stereocenters. The van der Waals surface area contributed by atoms with Gasteiger partial charge in [-0.1, -0.05) is 0 Å². The van der Waals surface area contributed by atoms with E-state index < -0.39 is 23.1 Å². The van der Waals surface area contributed by atoms with Gasteiger partial charge in [0.1, 0.15) is 12.1 Å². The van der Waals surface area contributed by atoms with E-state index in [1.807, 2.05) is 0 Å². The topological polar surface area (TPSA) is 90.4 Å². The second-order valence-electron chi connectivity index (χ2n) is 4.93. The Balaban J connectivity index is 2.03. The molecule has 1 aromatic rings. The van der Waals surface area contributed by atoms with Crippen LogP contribution in [0.15, 0.2) is 17.2 Å². The van der Waals surface area contributed by atoms with Crippen LogP contribution in [0.3, 0.4) is 0 Å². The third kappa shape index (κ3) is 4.63. The molecular formula is C15H14F2N4O2. The Kier molecular flexibility index (Phi) is 5.84. The van der Waals surface area contributed by atoms with Crippen molar-refractivity contribution in [3.05, 3.63) is 23.8 Å². The van der Waals surface area contributed by atoms with Crippen LogP contribution in [-0.4, -0.2) is 25.5 Å². The monoisotopic (exact) mass is 320 g/mol. The zero-order valence-electron chi connectivity index (χ0n) is 12.2. The van der Waals surface area contributed by atoms with Crippen molar-refractivity contribution in [1.82, 2.24) is 0 Å². The van der Waals surface area contributed by atoms with Gasteiger partial charge in [-0.3, -0.25) is 5.43 Å². The van der Waals surface area contributed by atoms with Crippen molar-refractivity contribution in [3.8, 4) is 17.9 Å². The van der Waals surface area contributed by atoms with Gasteiger partial charge in [-0.05, 0) is 18.8 Å². The molecule has 1 aliphatic heterocycles. The highest BCUT2D eigenvalue weighted by molar-refractivity contribution is 6.10. The van der Waals surface area contributed by atoms with E-state index >= 15 is 0 Å². The van der Waals surface area contributed by atoms with Crippen LogP contribution in [0.4, 0.5) is 14.5 Å². The summed E-state index contributed by atoms with van der Waals surface area (Å²) >= 11 is 0. The number of hydrazone groups is 1. The van der Waals surface area contributed by atoms with Crippen molar-refractivity contribution in [1.29, 1.82) is 10.5 Å². The molecule has 0 bridgehead atoms. The van der Waals surface area contributed by atoms with Crippen LogP contribution in [-0.2, 0) is 4.74 Å². The Morgan fingerprint density at radius 2 is 1.87 bits per heavy atom. The fourth-order valence-electron chi connectivity index (χ4n) is 2.07. The molecular weight excluding hydrogens is 306 g/mol. The lowest BCUT2D eigenvalue weighted by atomic mass is 10.0. The van der Waals surface area contributed by atoms with E-state index in [0.29, 0.717) is 13.2 Å². The van der Waals surface area contributed by atoms with E-state index in [4.69, 9.17) is 20.0 Å². The highest BCUT2D eigenvalue weighted by Gasteiger charge is 2.18. The molecule has 0 unspecified atom stereocenters. The minimum absolute atomic E-state index is 0.0265. The van der Waals surface area contributed by atoms with Crippen molar-refractivity contribution < 1.29 is 18.3 Å². The Morgan fingerprint density at radius 3 is 2.43 bits per heavy atom. The predicted octanol–water partition coefficient (Wildman–Crippen LogP) is 2.59. The van der Waals surface area contributed by atoms with Gasteiger partial charge in [0.05, 0.1) is 12.3 Å². The molecule has 1 aromatic carbocycles. The van der Waals surface area contributed by atoms with Crippen molar-refractivity contribution >= 4 is 11.4 Å². The maximum atomic E-state index is 13.9. The lowest BCUT2D eigenvalue weighted by molar-refractivity contribution is 0.0485. The summed E-state index contributed by atoms with van der Waals surface area (Å²) in [5.74, 6) is -2.01. The van der Waals surface area contributed by atoms with E-state index in [9.17, 15) is 8.78 Å². The second kappa shape index (κ2) is 8.06. The first kappa shape index (κ1) is 16.7. The maximum Gasteiger partial charge on any atom is 0.237 e. The molecule has 120 valence electrons. The molecule has 1 saturated heterocycles. The summed E-state index contributed by atoms with van der Waals surface area (Å²) in [7, 11) is 0. The highest BCUT2D eigenvalue weighted by atomic mass is 19.1. The number of anilines is 1. The number of hydrogen-bond donors (Lipinski definition) is 1. The van der Waals surface area contributed by atoms with E-state index in [1.54, 1.807) is 0 Å². The van der Waals surface area contributed by atoms with Crippen LogP contribution in [0, 0.1) is 40.2 Å². The first-order valence-electron chi connectivity index (χ1n) is 6.97. The maximum absolute atomic E-state index is 13.9. The summed E-state index contributed by atoms with van der Waals surface area (Å²) in [6, 6.07) is 5.02. The van der Waals surface area contributed by atoms with Gasteiger partial charge in [-0.2, -0.15) is 15.6 Å². The first-order valence-corrected chi connectivity index (χ1v) is 6.97. The summed E-state index contributed by atoms with van der Waals surface area (Å²) in [5, 5.41) is 20.5. The van der Waals surface area contributed by atoms with Crippen LogP contribution in [0.5, 0.6) is 5.75 Å². The molecule has 0 spiro atoms. The van der Waals surface area contributed by atoms with Gasteiger partial charge in [0.25, 0.3) is 0 Å². The first-order chi connectivity index (χ1) is 11.1. The average Bonchev–Trinajstić information content (AvgIpc) is 2.56. The molecule has 0 aromatic heterocycles. The summed E-state index contributed by atoms with van der Waals surface area (Å²) in [4.78, 5) is 0. The zero-order chi connectivity index (χ0) is 16.7. The average molecular weight is 320 g/mol. The van der Waals surface area contributed by atoms with Crippen LogP contribution in [0.2, 0.25) is 0 Å². The normalized spacial score (nSPS) is 14.4. The minimum Gasteiger partial charge on any atom is -0.487 e. The molecule has 6 nitrogen and oxygen atoms in total. The van der Waals surface area contributed by atoms with Gasteiger partial charge < -0.3 is 9.47 Å². The van der Waals surface area contributed by atoms with Gasteiger partial charge in [0, 0.05) is 25.3 Å². The lowest BCUT2D eigenvalue weighted by Gasteiger charge is -2.22. The fourth-order valence-corrected chi connectivity index (χ4v) is 2.07. The van der Waals surface area contributed by atoms with Crippen LogP contribution >= 0.6 is 0 Å². The molecule has 0 aliphatic carbocycles. The Labute approximate surface area is 131 Å². The standard InChI is InChI=1S/C15H14F2N4O2/c16-13-5-11(20-21-12(7-18)8-19)6-14(17)15(13)23-9-10-1-3-22-4-2-10/h5-6,10,20H,1-4,9H2. The van der Waals surface area contributed by atoms with E-state index in [0.717, 1.165) is 25.0 Å². The lowest BCUT2D eigenvalue weighted by Crippen LogP contribution is -2.22. The van der Waals surface area contributed by atoms with E-state index in [-0.39, 0.29) is 18.2 Å². The molecule has 1 heterocycles. The van der Waals surface area contributed by atoms with Crippen LogP contribution in [0.1, 0.15) is 12.8 Å². The second-order valence-corrected chi connectivity index (χ2v) is 4.93. The molecule has 8 heteroatoms. The number of halogens is 2. The molecule has 23 heavy (non-hydrogen) atoms. The number of nitrogens with zero attached hydrogens (tertiary/aromatic N) is 3. The Morgan fingerprint density at radius 1 is 1.26 bits per heavy atom. The minimum atomic E-state index is -0.884. The van der Waals surface area contributed by atoms with Gasteiger partial charge in [-0.15, -0.1) is 0 Å². The molecule has 1 N–H and O–H groups in total. The third-order valence-corrected chi connectivity index (χ3v) is 3.31. The quantitative estimate of drug-likeness (QED) is 0.665. The van der Waals surface area contributed by atoms with Gasteiger partial charge >= 0.3 is 0 Å². The number of benzene rings is 1. The van der Waals surface area contributed by atoms with Gasteiger partial charge in [0.2, 0.25) is 5.71 Å². The molecule has 0 amide bonds. The zero-order valence-corrected chi connectivity index (χ0v) is 12.2. The number of nitriles is 2. The Hall–Kier alpha value is -2.71.